The predicted octanol–water partition coefficient (Wildman–Crippen LogP) is 3.35. The topological polar surface area (TPSA) is 60.9 Å². The van der Waals surface area contributed by atoms with Crippen LogP contribution in [0.1, 0.15) is 12.5 Å². The molecule has 1 aliphatic heterocycles. The van der Waals surface area contributed by atoms with Crippen molar-refractivity contribution in [1.29, 1.82) is 0 Å². The lowest BCUT2D eigenvalue weighted by Gasteiger charge is -2.35. The van der Waals surface area contributed by atoms with Crippen molar-refractivity contribution in [2.24, 2.45) is 0 Å². The largest absolute Gasteiger partial charge is 0.339 e. The second kappa shape index (κ2) is 10.1. The van der Waals surface area contributed by atoms with Gasteiger partial charge in [-0.3, -0.25) is 9.69 Å². The highest BCUT2D eigenvalue weighted by atomic mass is 35.5. The Labute approximate surface area is 188 Å². The number of likely N-dealkylation sites (N-methyl/N-ethyl adjacent to an activating group) is 1. The molecule has 1 saturated heterocycles. The maximum atomic E-state index is 13.0. The van der Waals surface area contributed by atoms with E-state index < -0.39 is 10.0 Å². The zero-order valence-corrected chi connectivity index (χ0v) is 19.1. The number of carbonyl (C=O) groups excluding carboxylic acids is 1. The molecule has 1 heterocycles. The number of hydrogen-bond donors (Lipinski definition) is 0. The monoisotopic (exact) mass is 469 g/mol. The zero-order chi connectivity index (χ0) is 21.7. The highest BCUT2D eigenvalue weighted by Crippen LogP contribution is 2.27. The molecule has 1 aliphatic rings. The number of sulfonamides is 1. The Morgan fingerprint density at radius 3 is 2.33 bits per heavy atom. The van der Waals surface area contributed by atoms with E-state index in [0.717, 1.165) is 23.9 Å². The fourth-order valence-corrected chi connectivity index (χ4v) is 5.56. The first kappa shape index (κ1) is 23.0. The van der Waals surface area contributed by atoms with Gasteiger partial charge in [-0.2, -0.15) is 4.31 Å². The average molecular weight is 470 g/mol. The molecular formula is C21H25Cl2N3O3S. The molecule has 0 saturated carbocycles. The van der Waals surface area contributed by atoms with Gasteiger partial charge in [0.1, 0.15) is 4.90 Å². The van der Waals surface area contributed by atoms with Gasteiger partial charge in [-0.1, -0.05) is 60.5 Å². The Morgan fingerprint density at radius 1 is 1.03 bits per heavy atom. The van der Waals surface area contributed by atoms with Crippen LogP contribution >= 0.6 is 23.2 Å². The number of carbonyl (C=O) groups is 1. The van der Waals surface area contributed by atoms with Crippen LogP contribution in [0.3, 0.4) is 0 Å². The Balaban J connectivity index is 1.61. The number of halogens is 2. The lowest BCUT2D eigenvalue weighted by Crippen LogP contribution is -2.51. The number of amides is 1. The molecule has 0 aromatic heterocycles. The van der Waals surface area contributed by atoms with Crippen LogP contribution in [0, 0.1) is 0 Å². The van der Waals surface area contributed by atoms with E-state index in [1.54, 1.807) is 11.8 Å². The highest BCUT2D eigenvalue weighted by molar-refractivity contribution is 7.89. The van der Waals surface area contributed by atoms with Crippen LogP contribution in [0.15, 0.2) is 53.4 Å². The lowest BCUT2D eigenvalue weighted by atomic mass is 10.2. The van der Waals surface area contributed by atoms with Crippen LogP contribution in [-0.4, -0.2) is 67.7 Å². The van der Waals surface area contributed by atoms with Gasteiger partial charge in [0, 0.05) is 44.3 Å². The number of piperazine rings is 1. The first-order valence-electron chi connectivity index (χ1n) is 9.80. The van der Waals surface area contributed by atoms with Gasteiger partial charge in [-0.05, 0) is 23.8 Å². The van der Waals surface area contributed by atoms with Crippen LogP contribution in [0.2, 0.25) is 10.0 Å². The first-order chi connectivity index (χ1) is 14.3. The molecule has 0 unspecified atom stereocenters. The molecule has 0 bridgehead atoms. The summed E-state index contributed by atoms with van der Waals surface area (Å²) in [5, 5.41) is 0.356. The Bertz CT molecular complexity index is 978. The van der Waals surface area contributed by atoms with Gasteiger partial charge in [0.2, 0.25) is 15.9 Å². The number of hydrogen-bond acceptors (Lipinski definition) is 4. The minimum atomic E-state index is -3.93. The van der Waals surface area contributed by atoms with E-state index >= 15 is 0 Å². The molecule has 30 heavy (non-hydrogen) atoms. The van der Waals surface area contributed by atoms with Gasteiger partial charge < -0.3 is 4.90 Å². The van der Waals surface area contributed by atoms with Crippen molar-refractivity contribution in [3.05, 3.63) is 64.1 Å². The summed E-state index contributed by atoms with van der Waals surface area (Å²) in [4.78, 5) is 16.7. The molecule has 0 radical (unpaired) electrons. The van der Waals surface area contributed by atoms with Crippen molar-refractivity contribution in [1.82, 2.24) is 14.1 Å². The Kier molecular flexibility index (Phi) is 7.76. The van der Waals surface area contributed by atoms with E-state index in [-0.39, 0.29) is 33.9 Å². The quantitative estimate of drug-likeness (QED) is 0.623. The number of nitrogens with zero attached hydrogens (tertiary/aromatic N) is 3. The third-order valence-electron chi connectivity index (χ3n) is 5.15. The maximum Gasteiger partial charge on any atom is 0.245 e. The fraction of sp³-hybridized carbons (Fsp3) is 0.381. The van der Waals surface area contributed by atoms with Gasteiger partial charge in [0.15, 0.2) is 0 Å². The van der Waals surface area contributed by atoms with Gasteiger partial charge in [0.25, 0.3) is 0 Å². The number of rotatable bonds is 7. The fourth-order valence-electron chi connectivity index (χ4n) is 3.43. The van der Waals surface area contributed by atoms with E-state index in [4.69, 9.17) is 23.2 Å². The molecule has 0 atom stereocenters. The van der Waals surface area contributed by atoms with Crippen LogP contribution in [0.4, 0.5) is 0 Å². The smallest absolute Gasteiger partial charge is 0.245 e. The van der Waals surface area contributed by atoms with E-state index in [0.29, 0.717) is 13.1 Å². The summed E-state index contributed by atoms with van der Waals surface area (Å²) in [6.45, 7) is 5.11. The second-order valence-corrected chi connectivity index (χ2v) is 9.90. The van der Waals surface area contributed by atoms with Crippen molar-refractivity contribution in [2.45, 2.75) is 18.4 Å². The van der Waals surface area contributed by atoms with E-state index in [2.05, 4.69) is 17.0 Å². The molecule has 6 nitrogen and oxygen atoms in total. The van der Waals surface area contributed by atoms with Crippen LogP contribution in [0.25, 0.3) is 0 Å². The van der Waals surface area contributed by atoms with Crippen molar-refractivity contribution in [3.8, 4) is 0 Å². The highest BCUT2D eigenvalue weighted by Gasteiger charge is 2.30. The van der Waals surface area contributed by atoms with Gasteiger partial charge in [-0.15, -0.1) is 0 Å². The van der Waals surface area contributed by atoms with E-state index in [1.807, 2.05) is 18.2 Å². The van der Waals surface area contributed by atoms with E-state index in [1.165, 1.54) is 23.8 Å². The summed E-state index contributed by atoms with van der Waals surface area (Å²) in [6, 6.07) is 14.5. The standard InChI is InChI=1S/C21H25Cl2N3O3S/c1-2-26(30(28,29)20-14-18(22)8-9-19(20)23)16-21(27)25-12-10-24(11-13-25)15-17-6-4-3-5-7-17/h3-9,14H,2,10-13,15-16H2,1H3. The van der Waals surface area contributed by atoms with Crippen molar-refractivity contribution < 1.29 is 13.2 Å². The maximum absolute atomic E-state index is 13.0. The van der Waals surface area contributed by atoms with Crippen molar-refractivity contribution >= 4 is 39.1 Å². The van der Waals surface area contributed by atoms with Crippen LogP contribution < -0.4 is 0 Å². The van der Waals surface area contributed by atoms with Crippen LogP contribution in [-0.2, 0) is 21.4 Å². The second-order valence-electron chi connectivity index (χ2n) is 7.15. The van der Waals surface area contributed by atoms with Gasteiger partial charge in [-0.25, -0.2) is 8.42 Å². The third-order valence-corrected chi connectivity index (χ3v) is 7.79. The van der Waals surface area contributed by atoms with Crippen molar-refractivity contribution in [2.75, 3.05) is 39.3 Å². The molecular weight excluding hydrogens is 445 g/mol. The summed E-state index contributed by atoms with van der Waals surface area (Å²) in [5.74, 6) is -0.210. The molecule has 0 N–H and O–H groups in total. The third kappa shape index (κ3) is 5.53. The molecule has 162 valence electrons. The van der Waals surface area contributed by atoms with Crippen LogP contribution in [0.5, 0.6) is 0 Å². The Morgan fingerprint density at radius 2 is 1.70 bits per heavy atom. The average Bonchev–Trinajstić information content (AvgIpc) is 2.74. The minimum Gasteiger partial charge on any atom is -0.339 e. The minimum absolute atomic E-state index is 0.0832. The molecule has 2 aromatic rings. The summed E-state index contributed by atoms with van der Waals surface area (Å²) < 4.78 is 27.2. The normalized spacial score (nSPS) is 15.5. The Hall–Kier alpha value is -1.64. The molecule has 1 amide bonds. The molecule has 0 spiro atoms. The summed E-state index contributed by atoms with van der Waals surface area (Å²) in [7, 11) is -3.93. The van der Waals surface area contributed by atoms with E-state index in [9.17, 15) is 13.2 Å². The van der Waals surface area contributed by atoms with Gasteiger partial charge in [0.05, 0.1) is 11.6 Å². The SMILES string of the molecule is CCN(CC(=O)N1CCN(Cc2ccccc2)CC1)S(=O)(=O)c1cc(Cl)ccc1Cl. The predicted molar refractivity (Wildman–Crippen MR) is 119 cm³/mol. The zero-order valence-electron chi connectivity index (χ0n) is 16.8. The molecule has 3 rings (SSSR count). The summed E-state index contributed by atoms with van der Waals surface area (Å²) in [6.07, 6.45) is 0. The lowest BCUT2D eigenvalue weighted by molar-refractivity contribution is -0.133. The van der Waals surface area contributed by atoms with Crippen molar-refractivity contribution in [3.63, 3.8) is 0 Å². The first-order valence-corrected chi connectivity index (χ1v) is 12.0. The number of benzene rings is 2. The van der Waals surface area contributed by atoms with Gasteiger partial charge >= 0.3 is 0 Å². The molecule has 1 fully saturated rings. The molecule has 2 aromatic carbocycles. The summed E-state index contributed by atoms with van der Waals surface area (Å²) >= 11 is 12.0. The molecule has 9 heteroatoms. The summed E-state index contributed by atoms with van der Waals surface area (Å²) in [5.41, 5.74) is 1.24. The molecule has 0 aliphatic carbocycles.